The molecule has 0 bridgehead atoms. The van der Waals surface area contributed by atoms with Crippen LogP contribution in [0.1, 0.15) is 51.4 Å². The minimum atomic E-state index is 0.385. The predicted octanol–water partition coefficient (Wildman–Crippen LogP) is 3.34. The van der Waals surface area contributed by atoms with Gasteiger partial charge in [0.2, 0.25) is 5.91 Å². The van der Waals surface area contributed by atoms with Crippen LogP contribution in [-0.4, -0.2) is 28.7 Å². The van der Waals surface area contributed by atoms with Crippen molar-refractivity contribution in [1.29, 1.82) is 0 Å². The SMILES string of the molecule is O=C(CCC1CCCC1)N1CCCC(Br)C1. The maximum Gasteiger partial charge on any atom is 0.222 e. The van der Waals surface area contributed by atoms with Crippen LogP contribution in [0.5, 0.6) is 0 Å². The summed E-state index contributed by atoms with van der Waals surface area (Å²) < 4.78 is 0. The normalized spacial score (nSPS) is 27.3. The molecule has 3 heteroatoms. The highest BCUT2D eigenvalue weighted by Gasteiger charge is 2.23. The second-order valence-corrected chi connectivity index (χ2v) is 6.56. The molecule has 2 aliphatic rings. The molecular weight excluding hydrogens is 266 g/mol. The molecule has 1 saturated carbocycles. The number of amides is 1. The first-order valence-corrected chi connectivity index (χ1v) is 7.59. The number of piperidine rings is 1. The summed E-state index contributed by atoms with van der Waals surface area (Å²) in [6.45, 7) is 1.90. The van der Waals surface area contributed by atoms with Crippen molar-refractivity contribution >= 4 is 21.8 Å². The highest BCUT2D eigenvalue weighted by molar-refractivity contribution is 9.09. The smallest absolute Gasteiger partial charge is 0.222 e. The average Bonchev–Trinajstić information content (AvgIpc) is 2.78. The van der Waals surface area contributed by atoms with Crippen LogP contribution in [0.25, 0.3) is 0 Å². The third-order valence-electron chi connectivity index (χ3n) is 3.96. The Kier molecular flexibility index (Phi) is 4.68. The molecule has 1 amide bonds. The topological polar surface area (TPSA) is 20.3 Å². The monoisotopic (exact) mass is 287 g/mol. The predicted molar refractivity (Wildman–Crippen MR) is 69.7 cm³/mol. The molecule has 0 aromatic carbocycles. The van der Waals surface area contributed by atoms with Crippen molar-refractivity contribution in [3.05, 3.63) is 0 Å². The van der Waals surface area contributed by atoms with E-state index in [2.05, 4.69) is 20.8 Å². The van der Waals surface area contributed by atoms with Gasteiger partial charge in [-0.15, -0.1) is 0 Å². The van der Waals surface area contributed by atoms with Crippen molar-refractivity contribution in [1.82, 2.24) is 4.90 Å². The lowest BCUT2D eigenvalue weighted by Crippen LogP contribution is -2.40. The van der Waals surface area contributed by atoms with Gasteiger partial charge in [-0.1, -0.05) is 41.6 Å². The Bertz CT molecular complexity index is 238. The van der Waals surface area contributed by atoms with E-state index in [1.54, 1.807) is 0 Å². The van der Waals surface area contributed by atoms with Crippen molar-refractivity contribution < 1.29 is 4.79 Å². The molecule has 1 atom stereocenters. The van der Waals surface area contributed by atoms with E-state index in [0.29, 0.717) is 10.7 Å². The Labute approximate surface area is 107 Å². The van der Waals surface area contributed by atoms with Gasteiger partial charge in [0.1, 0.15) is 0 Å². The van der Waals surface area contributed by atoms with E-state index in [-0.39, 0.29) is 0 Å². The number of nitrogens with zero attached hydrogens (tertiary/aromatic N) is 1. The van der Waals surface area contributed by atoms with E-state index >= 15 is 0 Å². The molecular formula is C13H22BrNO. The molecule has 2 rings (SSSR count). The number of likely N-dealkylation sites (tertiary alicyclic amines) is 1. The number of hydrogen-bond acceptors (Lipinski definition) is 1. The quantitative estimate of drug-likeness (QED) is 0.729. The second-order valence-electron chi connectivity index (χ2n) is 5.27. The van der Waals surface area contributed by atoms with E-state index < -0.39 is 0 Å². The van der Waals surface area contributed by atoms with Crippen molar-refractivity contribution in [3.8, 4) is 0 Å². The highest BCUT2D eigenvalue weighted by atomic mass is 79.9. The summed E-state index contributed by atoms with van der Waals surface area (Å²) in [5, 5.41) is 0. The van der Waals surface area contributed by atoms with Crippen LogP contribution in [-0.2, 0) is 4.79 Å². The zero-order valence-corrected chi connectivity index (χ0v) is 11.5. The van der Waals surface area contributed by atoms with Gasteiger partial charge in [-0.3, -0.25) is 4.79 Å². The summed E-state index contributed by atoms with van der Waals surface area (Å²) in [6, 6.07) is 0. The fraction of sp³-hybridized carbons (Fsp3) is 0.923. The zero-order chi connectivity index (χ0) is 11.4. The van der Waals surface area contributed by atoms with E-state index in [0.717, 1.165) is 38.3 Å². The molecule has 1 saturated heterocycles. The lowest BCUT2D eigenvalue weighted by molar-refractivity contribution is -0.132. The number of rotatable bonds is 3. The van der Waals surface area contributed by atoms with Crippen LogP contribution in [0.15, 0.2) is 0 Å². The number of alkyl halides is 1. The molecule has 0 spiro atoms. The number of hydrogen-bond donors (Lipinski definition) is 0. The Morgan fingerprint density at radius 2 is 1.94 bits per heavy atom. The first kappa shape index (κ1) is 12.4. The summed E-state index contributed by atoms with van der Waals surface area (Å²) in [5.74, 6) is 1.23. The number of carbonyl (C=O) groups is 1. The van der Waals surface area contributed by atoms with Crippen molar-refractivity contribution in [2.45, 2.75) is 56.2 Å². The second kappa shape index (κ2) is 6.04. The van der Waals surface area contributed by atoms with Crippen molar-refractivity contribution in [2.24, 2.45) is 5.92 Å². The number of carbonyl (C=O) groups excluding carboxylic acids is 1. The fourth-order valence-electron chi connectivity index (χ4n) is 2.94. The van der Waals surface area contributed by atoms with Crippen LogP contribution in [0.3, 0.4) is 0 Å². The van der Waals surface area contributed by atoms with Gasteiger partial charge >= 0.3 is 0 Å². The van der Waals surface area contributed by atoms with Gasteiger partial charge in [0, 0.05) is 24.3 Å². The maximum absolute atomic E-state index is 12.0. The molecule has 0 aromatic heterocycles. The van der Waals surface area contributed by atoms with Crippen molar-refractivity contribution in [2.75, 3.05) is 13.1 Å². The largest absolute Gasteiger partial charge is 0.342 e. The molecule has 2 nitrogen and oxygen atoms in total. The standard InChI is InChI=1S/C13H22BrNO/c14-12-6-3-9-15(10-12)13(16)8-7-11-4-1-2-5-11/h11-12H,1-10H2. The average molecular weight is 288 g/mol. The lowest BCUT2D eigenvalue weighted by atomic mass is 10.0. The first-order chi connectivity index (χ1) is 7.75. The first-order valence-electron chi connectivity index (χ1n) is 6.67. The highest BCUT2D eigenvalue weighted by Crippen LogP contribution is 2.29. The Hall–Kier alpha value is -0.0500. The fourth-order valence-corrected chi connectivity index (χ4v) is 3.61. The minimum absolute atomic E-state index is 0.385. The van der Waals surface area contributed by atoms with E-state index in [9.17, 15) is 4.79 Å². The molecule has 0 N–H and O–H groups in total. The summed E-state index contributed by atoms with van der Waals surface area (Å²) in [6.07, 6.45) is 9.75. The molecule has 0 radical (unpaired) electrons. The van der Waals surface area contributed by atoms with Crippen LogP contribution in [0.2, 0.25) is 0 Å². The molecule has 1 unspecified atom stereocenters. The van der Waals surface area contributed by atoms with Gasteiger partial charge in [0.05, 0.1) is 0 Å². The molecule has 2 fully saturated rings. The van der Waals surface area contributed by atoms with E-state index in [4.69, 9.17) is 0 Å². The van der Waals surface area contributed by atoms with Gasteiger partial charge in [0.15, 0.2) is 0 Å². The summed E-state index contributed by atoms with van der Waals surface area (Å²) >= 11 is 3.62. The Morgan fingerprint density at radius 3 is 2.62 bits per heavy atom. The third-order valence-corrected chi connectivity index (χ3v) is 4.71. The zero-order valence-electron chi connectivity index (χ0n) is 9.96. The van der Waals surface area contributed by atoms with Crippen LogP contribution in [0, 0.1) is 5.92 Å². The third kappa shape index (κ3) is 3.47. The van der Waals surface area contributed by atoms with Gasteiger partial charge < -0.3 is 4.90 Å². The molecule has 1 aliphatic carbocycles. The van der Waals surface area contributed by atoms with Crippen molar-refractivity contribution in [3.63, 3.8) is 0 Å². The van der Waals surface area contributed by atoms with E-state index in [1.165, 1.54) is 32.1 Å². The molecule has 0 aromatic rings. The Balaban J connectivity index is 1.70. The number of halogens is 1. The molecule has 1 aliphatic heterocycles. The van der Waals surface area contributed by atoms with Crippen LogP contribution >= 0.6 is 15.9 Å². The van der Waals surface area contributed by atoms with Gasteiger partial charge in [0.25, 0.3) is 0 Å². The maximum atomic E-state index is 12.0. The van der Waals surface area contributed by atoms with Gasteiger partial charge in [-0.2, -0.15) is 0 Å². The molecule has 92 valence electrons. The summed E-state index contributed by atoms with van der Waals surface area (Å²) in [4.78, 5) is 14.6. The van der Waals surface area contributed by atoms with Crippen LogP contribution in [0.4, 0.5) is 0 Å². The lowest BCUT2D eigenvalue weighted by Gasteiger charge is -2.30. The molecule has 16 heavy (non-hydrogen) atoms. The molecule has 1 heterocycles. The minimum Gasteiger partial charge on any atom is -0.342 e. The Morgan fingerprint density at radius 1 is 1.19 bits per heavy atom. The van der Waals surface area contributed by atoms with Gasteiger partial charge in [-0.05, 0) is 25.2 Å². The summed E-state index contributed by atoms with van der Waals surface area (Å²) in [5.41, 5.74) is 0. The van der Waals surface area contributed by atoms with E-state index in [1.807, 2.05) is 0 Å². The summed E-state index contributed by atoms with van der Waals surface area (Å²) in [7, 11) is 0. The van der Waals surface area contributed by atoms with Crippen LogP contribution < -0.4 is 0 Å². The van der Waals surface area contributed by atoms with Gasteiger partial charge in [-0.25, -0.2) is 0 Å².